The molecule has 1 saturated carbocycles. The van der Waals surface area contributed by atoms with Crippen LogP contribution in [0.2, 0.25) is 0 Å². The number of carbonyl (C=O) groups excluding carboxylic acids is 3. The number of hydrogen-bond donors (Lipinski definition) is 3. The quantitative estimate of drug-likeness (QED) is 0.597. The fourth-order valence-corrected chi connectivity index (χ4v) is 4.41. The first-order valence-corrected chi connectivity index (χ1v) is 11.0. The van der Waals surface area contributed by atoms with Crippen molar-refractivity contribution in [1.29, 1.82) is 0 Å². The molecular formula is C23H34N4O3. The summed E-state index contributed by atoms with van der Waals surface area (Å²) < 4.78 is 0. The summed E-state index contributed by atoms with van der Waals surface area (Å²) in [6, 6.07) is 7.87. The molecule has 30 heavy (non-hydrogen) atoms. The average molecular weight is 415 g/mol. The molecule has 1 aromatic carbocycles. The number of amides is 4. The Bertz CT molecular complexity index is 782. The topological polar surface area (TPSA) is 90.5 Å². The van der Waals surface area contributed by atoms with Crippen molar-refractivity contribution in [3.8, 4) is 0 Å². The van der Waals surface area contributed by atoms with Gasteiger partial charge < -0.3 is 10.6 Å². The fraction of sp³-hybridized carbons (Fsp3) is 0.609. The Hall–Kier alpha value is -2.41. The van der Waals surface area contributed by atoms with Crippen LogP contribution in [-0.4, -0.2) is 34.9 Å². The predicted molar refractivity (Wildman–Crippen MR) is 115 cm³/mol. The first-order chi connectivity index (χ1) is 14.2. The lowest BCUT2D eigenvalue weighted by Gasteiger charge is -2.30. The molecule has 0 aromatic heterocycles. The third-order valence-electron chi connectivity index (χ3n) is 6.22. The summed E-state index contributed by atoms with van der Waals surface area (Å²) in [5.41, 5.74) is 4.03. The third-order valence-corrected chi connectivity index (χ3v) is 6.22. The lowest BCUT2D eigenvalue weighted by molar-refractivity contribution is -0.139. The standard InChI is InChI=1S/C23H34N4O3/c1-15(2)17-8-10-18(11-9-17)20(16(3)4)24-14-19(28)26-27-21(29)23(25-22(27)30)12-6-5-7-13-23/h8-11,15-16,20,24H,5-7,12-14H2,1-4H3,(H,25,30)(H,26,28)/t20-/m0/s1. The number of carbonyl (C=O) groups is 3. The van der Waals surface area contributed by atoms with E-state index in [0.29, 0.717) is 18.8 Å². The second-order valence-corrected chi connectivity index (χ2v) is 9.17. The number of benzene rings is 1. The maximum Gasteiger partial charge on any atom is 0.344 e. The highest BCUT2D eigenvalue weighted by molar-refractivity contribution is 6.08. The molecule has 1 aromatic rings. The molecule has 3 rings (SSSR count). The van der Waals surface area contributed by atoms with E-state index < -0.39 is 17.5 Å². The molecule has 2 aliphatic rings. The number of nitrogens with zero attached hydrogens (tertiary/aromatic N) is 1. The molecule has 1 spiro atoms. The fourth-order valence-electron chi connectivity index (χ4n) is 4.41. The Kier molecular flexibility index (Phi) is 6.81. The van der Waals surface area contributed by atoms with E-state index in [2.05, 4.69) is 68.0 Å². The Morgan fingerprint density at radius 1 is 1.03 bits per heavy atom. The van der Waals surface area contributed by atoms with Crippen molar-refractivity contribution in [1.82, 2.24) is 21.1 Å². The Morgan fingerprint density at radius 3 is 2.20 bits per heavy atom. The van der Waals surface area contributed by atoms with Crippen molar-refractivity contribution in [3.05, 3.63) is 35.4 Å². The number of nitrogens with one attached hydrogen (secondary N) is 3. The van der Waals surface area contributed by atoms with E-state index in [1.807, 2.05) is 0 Å². The van der Waals surface area contributed by atoms with Crippen molar-refractivity contribution >= 4 is 17.8 Å². The number of rotatable bonds is 7. The highest BCUT2D eigenvalue weighted by Crippen LogP contribution is 2.33. The average Bonchev–Trinajstić information content (AvgIpc) is 2.92. The van der Waals surface area contributed by atoms with Crippen LogP contribution < -0.4 is 16.1 Å². The first-order valence-electron chi connectivity index (χ1n) is 11.0. The molecule has 2 fully saturated rings. The van der Waals surface area contributed by atoms with Crippen LogP contribution in [0, 0.1) is 5.92 Å². The van der Waals surface area contributed by atoms with E-state index >= 15 is 0 Å². The lowest BCUT2D eigenvalue weighted by atomic mass is 9.82. The zero-order valence-corrected chi connectivity index (χ0v) is 18.5. The molecule has 1 atom stereocenters. The van der Waals surface area contributed by atoms with Crippen LogP contribution in [0.4, 0.5) is 4.79 Å². The van der Waals surface area contributed by atoms with Crippen LogP contribution in [-0.2, 0) is 9.59 Å². The second-order valence-electron chi connectivity index (χ2n) is 9.17. The maximum absolute atomic E-state index is 12.8. The molecule has 0 radical (unpaired) electrons. The van der Waals surface area contributed by atoms with Gasteiger partial charge >= 0.3 is 6.03 Å². The van der Waals surface area contributed by atoms with Gasteiger partial charge in [0.1, 0.15) is 5.54 Å². The van der Waals surface area contributed by atoms with Gasteiger partial charge in [0.15, 0.2) is 0 Å². The Morgan fingerprint density at radius 2 is 1.63 bits per heavy atom. The Balaban J connectivity index is 1.59. The van der Waals surface area contributed by atoms with Gasteiger partial charge in [-0.3, -0.25) is 15.0 Å². The van der Waals surface area contributed by atoms with Crippen LogP contribution in [0.25, 0.3) is 0 Å². The van der Waals surface area contributed by atoms with Crippen molar-refractivity contribution in [2.75, 3.05) is 6.54 Å². The summed E-state index contributed by atoms with van der Waals surface area (Å²) in [5, 5.41) is 6.94. The van der Waals surface area contributed by atoms with Crippen LogP contribution in [0.15, 0.2) is 24.3 Å². The van der Waals surface area contributed by atoms with Gasteiger partial charge in [-0.1, -0.05) is 71.2 Å². The van der Waals surface area contributed by atoms with Gasteiger partial charge in [0, 0.05) is 6.04 Å². The highest BCUT2D eigenvalue weighted by Gasteiger charge is 2.52. The Labute approximate surface area is 178 Å². The number of hydrogen-bond acceptors (Lipinski definition) is 4. The maximum atomic E-state index is 12.8. The van der Waals surface area contributed by atoms with Crippen molar-refractivity contribution in [3.63, 3.8) is 0 Å². The van der Waals surface area contributed by atoms with Gasteiger partial charge in [-0.05, 0) is 35.8 Å². The van der Waals surface area contributed by atoms with Crippen molar-refractivity contribution < 1.29 is 14.4 Å². The van der Waals surface area contributed by atoms with E-state index in [-0.39, 0.29) is 24.4 Å². The molecule has 7 heteroatoms. The van der Waals surface area contributed by atoms with Gasteiger partial charge in [-0.15, -0.1) is 0 Å². The summed E-state index contributed by atoms with van der Waals surface area (Å²) in [5.74, 6) is -0.0159. The minimum Gasteiger partial charge on any atom is -0.322 e. The molecule has 1 aliphatic carbocycles. The van der Waals surface area contributed by atoms with Crippen LogP contribution >= 0.6 is 0 Å². The summed E-state index contributed by atoms with van der Waals surface area (Å²) in [7, 11) is 0. The molecular weight excluding hydrogens is 380 g/mol. The van der Waals surface area contributed by atoms with Crippen LogP contribution in [0.5, 0.6) is 0 Å². The molecule has 4 amide bonds. The summed E-state index contributed by atoms with van der Waals surface area (Å²) in [6.45, 7) is 8.51. The van der Waals surface area contributed by atoms with Crippen LogP contribution in [0.1, 0.15) is 82.9 Å². The largest absolute Gasteiger partial charge is 0.344 e. The SMILES string of the molecule is CC(C)c1ccc([C@@H](NCC(=O)NN2C(=O)NC3(CCCCC3)C2=O)C(C)C)cc1. The predicted octanol–water partition coefficient (Wildman–Crippen LogP) is 3.38. The van der Waals surface area contributed by atoms with E-state index in [1.54, 1.807) is 0 Å². The first kappa shape index (κ1) is 22.3. The highest BCUT2D eigenvalue weighted by atomic mass is 16.2. The smallest absolute Gasteiger partial charge is 0.322 e. The number of hydrazine groups is 1. The van der Waals surface area contributed by atoms with Gasteiger partial charge in [0.05, 0.1) is 6.54 Å². The van der Waals surface area contributed by atoms with Gasteiger partial charge in [0.25, 0.3) is 11.8 Å². The second kappa shape index (κ2) is 9.16. The van der Waals surface area contributed by atoms with Crippen LogP contribution in [0.3, 0.4) is 0 Å². The zero-order chi connectivity index (χ0) is 21.9. The van der Waals surface area contributed by atoms with E-state index in [0.717, 1.165) is 29.8 Å². The lowest BCUT2D eigenvalue weighted by Crippen LogP contribution is -2.52. The molecule has 0 unspecified atom stereocenters. The van der Waals surface area contributed by atoms with Crippen molar-refractivity contribution in [2.45, 2.75) is 77.3 Å². The number of urea groups is 1. The normalized spacial score (nSPS) is 19.5. The summed E-state index contributed by atoms with van der Waals surface area (Å²) >= 11 is 0. The van der Waals surface area contributed by atoms with Crippen molar-refractivity contribution in [2.24, 2.45) is 5.92 Å². The molecule has 1 aliphatic heterocycles. The zero-order valence-electron chi connectivity index (χ0n) is 18.5. The summed E-state index contributed by atoms with van der Waals surface area (Å²) in [6.07, 6.45) is 4.13. The minimum atomic E-state index is -0.839. The van der Waals surface area contributed by atoms with Gasteiger partial charge in [0.2, 0.25) is 0 Å². The molecule has 3 N–H and O–H groups in total. The minimum absolute atomic E-state index is 0.00949. The summed E-state index contributed by atoms with van der Waals surface area (Å²) in [4.78, 5) is 37.6. The monoisotopic (exact) mass is 414 g/mol. The molecule has 164 valence electrons. The number of imide groups is 1. The molecule has 1 saturated heterocycles. The molecule has 0 bridgehead atoms. The van der Waals surface area contributed by atoms with Gasteiger partial charge in [-0.25, -0.2) is 4.79 Å². The van der Waals surface area contributed by atoms with E-state index in [4.69, 9.17) is 0 Å². The molecule has 1 heterocycles. The van der Waals surface area contributed by atoms with E-state index in [1.165, 1.54) is 5.56 Å². The molecule has 7 nitrogen and oxygen atoms in total. The third kappa shape index (κ3) is 4.67. The van der Waals surface area contributed by atoms with E-state index in [9.17, 15) is 14.4 Å². The van der Waals surface area contributed by atoms with Gasteiger partial charge in [-0.2, -0.15) is 5.01 Å².